The maximum atomic E-state index is 12.7. The predicted molar refractivity (Wildman–Crippen MR) is 258 cm³/mol. The first kappa shape index (κ1) is 55.5. The summed E-state index contributed by atoms with van der Waals surface area (Å²) < 4.78 is 38.2. The zero-order valence-corrected chi connectivity index (χ0v) is 42.7. The molecule has 1 fully saturated rings. The third-order valence-corrected chi connectivity index (χ3v) is 10.1. The minimum atomic E-state index is -1.83. The summed E-state index contributed by atoms with van der Waals surface area (Å²) in [7, 11) is 3.18. The molecular weight excluding hydrogens is 980 g/mol. The van der Waals surface area contributed by atoms with Crippen LogP contribution >= 0.6 is 31.9 Å². The number of aliphatic hydroxyl groups is 1. The van der Waals surface area contributed by atoms with Gasteiger partial charge in [-0.15, -0.1) is 0 Å². The first-order valence-corrected chi connectivity index (χ1v) is 22.8. The van der Waals surface area contributed by atoms with E-state index in [-0.39, 0.29) is 44.8 Å². The van der Waals surface area contributed by atoms with Gasteiger partial charge >= 0.3 is 23.9 Å². The average Bonchev–Trinajstić information content (AvgIpc) is 4.01. The van der Waals surface area contributed by atoms with Gasteiger partial charge in [0.1, 0.15) is 35.9 Å². The normalized spacial score (nSPS) is 15.1. The highest BCUT2D eigenvalue weighted by Gasteiger charge is 2.49. The van der Waals surface area contributed by atoms with Crippen molar-refractivity contribution in [2.45, 2.75) is 104 Å². The van der Waals surface area contributed by atoms with E-state index in [2.05, 4.69) is 37.2 Å². The van der Waals surface area contributed by atoms with Crippen LogP contribution in [0.15, 0.2) is 106 Å². The fourth-order valence-electron chi connectivity index (χ4n) is 5.64. The second kappa shape index (κ2) is 25.9. The number of nitrogens with one attached hydrogen (secondary N) is 1. The molecule has 0 aliphatic carbocycles. The number of benzene rings is 4. The molecule has 2 N–H and O–H groups in total. The van der Waals surface area contributed by atoms with Crippen LogP contribution in [-0.4, -0.2) is 96.7 Å². The van der Waals surface area contributed by atoms with Crippen LogP contribution < -0.4 is 14.8 Å². The summed E-state index contributed by atoms with van der Waals surface area (Å²) in [4.78, 5) is 49.7. The molecule has 16 heteroatoms. The zero-order chi connectivity index (χ0) is 49.1. The van der Waals surface area contributed by atoms with Gasteiger partial charge in [-0.2, -0.15) is 0 Å². The van der Waals surface area contributed by atoms with Crippen molar-refractivity contribution < 1.29 is 57.4 Å². The lowest BCUT2D eigenvalue weighted by Crippen LogP contribution is -2.49. The lowest BCUT2D eigenvalue weighted by molar-refractivity contribution is -0.169. The number of epoxide rings is 1. The van der Waals surface area contributed by atoms with Crippen LogP contribution in [0.1, 0.15) is 77.6 Å². The quantitative estimate of drug-likeness (QED) is 0.0552. The van der Waals surface area contributed by atoms with Gasteiger partial charge in [0.15, 0.2) is 11.2 Å². The number of rotatable bonds is 18. The number of nitrogens with zero attached hydrogens (tertiary/aromatic N) is 1. The molecular formula is C50H64Br2N2O12. The summed E-state index contributed by atoms with van der Waals surface area (Å²) in [5, 5.41) is 13.9. The Labute approximate surface area is 405 Å². The van der Waals surface area contributed by atoms with Gasteiger partial charge in [0.05, 0.1) is 33.9 Å². The standard InChI is InChI=1S/C25H32BrNO6.C13H18BrNO2.C12H14O4/c1-24(2,3)33-22(28)15-27(14-18-6-10-20(26)11-7-18)17-25(4,30)23(29)32-16-19-8-12-21(31-5)13-9-19;1-13(2,3)17-12(16)9-15-8-10-4-6-11(14)7-5-10;1-12(8-16-12)11(13)15-7-9-3-5-10(14-2)6-4-9/h6-13,30H,14-17H2,1-5H3;4-7,15H,8-9H2,1-3H3;3-6H,7-8H2,1-2H3/t25-;;12-/m1.1/s1. The van der Waals surface area contributed by atoms with Crippen LogP contribution in [0.25, 0.3) is 0 Å². The van der Waals surface area contributed by atoms with Crippen molar-refractivity contribution in [3.05, 3.63) is 128 Å². The molecule has 1 aliphatic rings. The Balaban J connectivity index is 0.000000292. The van der Waals surface area contributed by atoms with E-state index in [0.29, 0.717) is 25.4 Å². The Morgan fingerprint density at radius 3 is 1.53 bits per heavy atom. The summed E-state index contributed by atoms with van der Waals surface area (Å²) in [5.41, 5.74) is 0.159. The number of carbonyl (C=O) groups is 4. The minimum absolute atomic E-state index is 0.0117. The molecule has 4 aromatic rings. The number of hydrogen-bond acceptors (Lipinski definition) is 14. The second-order valence-electron chi connectivity index (χ2n) is 17.8. The highest BCUT2D eigenvalue weighted by molar-refractivity contribution is 9.10. The molecule has 1 saturated heterocycles. The molecule has 0 radical (unpaired) electrons. The summed E-state index contributed by atoms with van der Waals surface area (Å²) >= 11 is 6.78. The molecule has 66 heavy (non-hydrogen) atoms. The lowest BCUT2D eigenvalue weighted by Gasteiger charge is -2.30. The van der Waals surface area contributed by atoms with Crippen LogP contribution in [-0.2, 0) is 69.2 Å². The topological polar surface area (TPSA) is 172 Å². The molecule has 0 amide bonds. The first-order chi connectivity index (χ1) is 30.9. The van der Waals surface area contributed by atoms with Crippen LogP contribution in [0.3, 0.4) is 0 Å². The van der Waals surface area contributed by atoms with Gasteiger partial charge in [-0.1, -0.05) is 80.4 Å². The van der Waals surface area contributed by atoms with Crippen molar-refractivity contribution in [3.8, 4) is 11.5 Å². The highest BCUT2D eigenvalue weighted by Crippen LogP contribution is 2.28. The molecule has 14 nitrogen and oxygen atoms in total. The number of hydrogen-bond donors (Lipinski definition) is 2. The van der Waals surface area contributed by atoms with Gasteiger partial charge in [-0.3, -0.25) is 14.5 Å². The van der Waals surface area contributed by atoms with E-state index in [1.807, 2.05) is 93.6 Å². The third kappa shape index (κ3) is 22.1. The Bertz CT molecular complexity index is 2130. The van der Waals surface area contributed by atoms with E-state index in [4.69, 9.17) is 33.2 Å². The van der Waals surface area contributed by atoms with Gasteiger partial charge < -0.3 is 43.6 Å². The zero-order valence-electron chi connectivity index (χ0n) is 39.5. The Hall–Kier alpha value is -4.84. The number of carbonyl (C=O) groups excluding carboxylic acids is 4. The third-order valence-electron chi connectivity index (χ3n) is 9.06. The van der Waals surface area contributed by atoms with Crippen molar-refractivity contribution in [3.63, 3.8) is 0 Å². The van der Waals surface area contributed by atoms with Crippen LogP contribution in [0, 0.1) is 0 Å². The molecule has 0 aromatic heterocycles. The van der Waals surface area contributed by atoms with Crippen molar-refractivity contribution in [2.24, 2.45) is 0 Å². The number of methoxy groups -OCH3 is 2. The Morgan fingerprint density at radius 1 is 0.667 bits per heavy atom. The fraction of sp³-hybridized carbons (Fsp3) is 0.440. The van der Waals surface area contributed by atoms with Crippen LogP contribution in [0.4, 0.5) is 0 Å². The molecule has 0 saturated carbocycles. The smallest absolute Gasteiger partial charge is 0.340 e. The second-order valence-corrected chi connectivity index (χ2v) is 19.6. The van der Waals surface area contributed by atoms with Crippen molar-refractivity contribution in [1.29, 1.82) is 0 Å². The maximum absolute atomic E-state index is 12.7. The fourth-order valence-corrected chi connectivity index (χ4v) is 6.16. The summed E-state index contributed by atoms with van der Waals surface area (Å²) in [6.45, 7) is 15.8. The van der Waals surface area contributed by atoms with Crippen LogP contribution in [0.2, 0.25) is 0 Å². The monoisotopic (exact) mass is 1040 g/mol. The molecule has 1 heterocycles. The Kier molecular flexibility index (Phi) is 21.8. The summed E-state index contributed by atoms with van der Waals surface area (Å²) in [6, 6.07) is 30.0. The summed E-state index contributed by atoms with van der Waals surface area (Å²) in [5.74, 6) is -0.265. The molecule has 5 rings (SSSR count). The van der Waals surface area contributed by atoms with Gasteiger partial charge in [-0.25, -0.2) is 9.59 Å². The molecule has 0 spiro atoms. The van der Waals surface area contributed by atoms with Gasteiger partial charge in [0.25, 0.3) is 0 Å². The average molecular weight is 1040 g/mol. The SMILES string of the molecule is CC(C)(C)OC(=O)CNCc1ccc(Br)cc1.COc1ccc(COC(=O)[C@@]2(C)CO2)cc1.COc1ccc(COC(=O)[C@](C)(O)CN(CC(=O)OC(C)(C)C)Cc2ccc(Br)cc2)cc1. The van der Waals surface area contributed by atoms with E-state index in [9.17, 15) is 24.3 Å². The number of halogens is 2. The molecule has 2 atom stereocenters. The van der Waals surface area contributed by atoms with Gasteiger partial charge in [0.2, 0.25) is 0 Å². The predicted octanol–water partition coefficient (Wildman–Crippen LogP) is 8.50. The molecule has 360 valence electrons. The van der Waals surface area contributed by atoms with E-state index in [0.717, 1.165) is 36.9 Å². The lowest BCUT2D eigenvalue weighted by atomic mass is 10.1. The first-order valence-electron chi connectivity index (χ1n) is 21.2. The van der Waals surface area contributed by atoms with E-state index < -0.39 is 34.3 Å². The largest absolute Gasteiger partial charge is 0.497 e. The van der Waals surface area contributed by atoms with Crippen LogP contribution in [0.5, 0.6) is 11.5 Å². The van der Waals surface area contributed by atoms with Crippen molar-refractivity contribution in [2.75, 3.05) is 40.5 Å². The molecule has 0 unspecified atom stereocenters. The summed E-state index contributed by atoms with van der Waals surface area (Å²) in [6.07, 6.45) is 0. The van der Waals surface area contributed by atoms with Crippen molar-refractivity contribution >= 4 is 55.7 Å². The van der Waals surface area contributed by atoms with E-state index >= 15 is 0 Å². The Morgan fingerprint density at radius 2 is 1.09 bits per heavy atom. The molecule has 4 aromatic carbocycles. The van der Waals surface area contributed by atoms with E-state index in [1.165, 1.54) is 6.92 Å². The van der Waals surface area contributed by atoms with Gasteiger partial charge in [0, 0.05) is 28.6 Å². The molecule has 1 aliphatic heterocycles. The van der Waals surface area contributed by atoms with E-state index in [1.54, 1.807) is 71.1 Å². The van der Waals surface area contributed by atoms with Gasteiger partial charge in [-0.05, 0) is 126 Å². The molecule has 0 bridgehead atoms. The highest BCUT2D eigenvalue weighted by atomic mass is 79.9. The number of ether oxygens (including phenoxy) is 7. The number of esters is 4. The maximum Gasteiger partial charge on any atom is 0.340 e. The minimum Gasteiger partial charge on any atom is -0.497 e. The van der Waals surface area contributed by atoms with Crippen molar-refractivity contribution in [1.82, 2.24) is 10.2 Å².